The van der Waals surface area contributed by atoms with Crippen LogP contribution in [0.15, 0.2) is 47.6 Å². The van der Waals surface area contributed by atoms with E-state index in [-0.39, 0.29) is 12.4 Å². The predicted molar refractivity (Wildman–Crippen MR) is 111 cm³/mol. The number of nitrogens with one attached hydrogen (secondary N) is 1. The standard InChI is InChI=1S/C17H16Cl2N6O.ClH/c1-11-22-24-17(25(11)20)23-21-9-12-3-2-4-14(7-12)26-10-13-5-6-15(18)16(19)8-13;/h2-9H,10,20H2,1H3,(H,23,24);1H. The van der Waals surface area contributed by atoms with Crippen LogP contribution < -0.4 is 16.0 Å². The van der Waals surface area contributed by atoms with Gasteiger partial charge in [-0.15, -0.1) is 22.6 Å². The molecule has 10 heteroatoms. The summed E-state index contributed by atoms with van der Waals surface area (Å²) in [5.74, 6) is 7.38. The highest BCUT2D eigenvalue weighted by Crippen LogP contribution is 2.23. The molecule has 0 bridgehead atoms. The largest absolute Gasteiger partial charge is 0.489 e. The number of anilines is 1. The molecule has 1 aromatic heterocycles. The molecule has 1 heterocycles. The Kier molecular flexibility index (Phi) is 7.29. The van der Waals surface area contributed by atoms with E-state index in [9.17, 15) is 0 Å². The minimum absolute atomic E-state index is 0. The number of ether oxygens (including phenoxy) is 1. The Morgan fingerprint density at radius 2 is 2.00 bits per heavy atom. The number of hydrogen-bond donors (Lipinski definition) is 2. The van der Waals surface area contributed by atoms with Crippen LogP contribution in [0, 0.1) is 6.92 Å². The maximum atomic E-state index is 6.01. The summed E-state index contributed by atoms with van der Waals surface area (Å²) in [7, 11) is 0. The fourth-order valence-electron chi connectivity index (χ4n) is 2.09. The number of hydrogen-bond acceptors (Lipinski definition) is 6. The van der Waals surface area contributed by atoms with Gasteiger partial charge in [0, 0.05) is 0 Å². The molecule has 0 amide bonds. The molecular formula is C17H17Cl3N6O. The molecule has 0 unspecified atom stereocenters. The van der Waals surface area contributed by atoms with Crippen molar-refractivity contribution in [2.24, 2.45) is 5.10 Å². The summed E-state index contributed by atoms with van der Waals surface area (Å²) in [6.45, 7) is 2.13. The van der Waals surface area contributed by atoms with Gasteiger partial charge in [0.1, 0.15) is 12.4 Å². The second-order valence-corrected chi connectivity index (χ2v) is 6.23. The van der Waals surface area contributed by atoms with Gasteiger partial charge in [0.15, 0.2) is 5.82 Å². The Morgan fingerprint density at radius 1 is 1.19 bits per heavy atom. The number of nitrogen functional groups attached to an aromatic ring is 1. The fraction of sp³-hybridized carbons (Fsp3) is 0.118. The average Bonchev–Trinajstić information content (AvgIpc) is 2.95. The van der Waals surface area contributed by atoms with Crippen LogP contribution in [0.1, 0.15) is 17.0 Å². The number of nitrogens with two attached hydrogens (primary N) is 1. The van der Waals surface area contributed by atoms with Gasteiger partial charge in [-0.2, -0.15) is 5.10 Å². The van der Waals surface area contributed by atoms with Crippen molar-refractivity contribution >= 4 is 47.8 Å². The van der Waals surface area contributed by atoms with Crippen molar-refractivity contribution in [2.45, 2.75) is 13.5 Å². The third kappa shape index (κ3) is 5.50. The molecule has 142 valence electrons. The van der Waals surface area contributed by atoms with Crippen LogP contribution in [-0.4, -0.2) is 21.1 Å². The van der Waals surface area contributed by atoms with E-state index in [1.807, 2.05) is 30.3 Å². The van der Waals surface area contributed by atoms with Crippen LogP contribution in [0.25, 0.3) is 0 Å². The Morgan fingerprint density at radius 3 is 2.70 bits per heavy atom. The highest BCUT2D eigenvalue weighted by atomic mass is 35.5. The van der Waals surface area contributed by atoms with Gasteiger partial charge in [-0.3, -0.25) is 0 Å². The molecule has 3 aromatic rings. The summed E-state index contributed by atoms with van der Waals surface area (Å²) < 4.78 is 7.10. The number of rotatable bonds is 6. The van der Waals surface area contributed by atoms with Gasteiger partial charge in [0.2, 0.25) is 0 Å². The van der Waals surface area contributed by atoms with E-state index in [1.54, 1.807) is 25.3 Å². The van der Waals surface area contributed by atoms with Crippen LogP contribution in [0.5, 0.6) is 5.75 Å². The minimum atomic E-state index is 0. The van der Waals surface area contributed by atoms with Crippen molar-refractivity contribution in [3.05, 3.63) is 69.5 Å². The van der Waals surface area contributed by atoms with E-state index in [0.717, 1.165) is 11.1 Å². The molecule has 2 aromatic carbocycles. The summed E-state index contributed by atoms with van der Waals surface area (Å²) in [6.07, 6.45) is 1.63. The molecule has 0 radical (unpaired) electrons. The van der Waals surface area contributed by atoms with Crippen LogP contribution in [-0.2, 0) is 6.61 Å². The molecule has 0 fully saturated rings. The van der Waals surface area contributed by atoms with E-state index in [4.69, 9.17) is 33.8 Å². The van der Waals surface area contributed by atoms with Crippen molar-refractivity contribution in [2.75, 3.05) is 11.3 Å². The molecule has 0 saturated carbocycles. The quantitative estimate of drug-likeness (QED) is 0.352. The van der Waals surface area contributed by atoms with Gasteiger partial charge in [-0.05, 0) is 42.3 Å². The highest BCUT2D eigenvalue weighted by molar-refractivity contribution is 6.42. The number of benzene rings is 2. The number of aryl methyl sites for hydroxylation is 1. The van der Waals surface area contributed by atoms with Gasteiger partial charge in [0.25, 0.3) is 5.95 Å². The third-order valence-electron chi connectivity index (χ3n) is 3.49. The molecule has 0 saturated heterocycles. The summed E-state index contributed by atoms with van der Waals surface area (Å²) in [5, 5.41) is 12.8. The smallest absolute Gasteiger partial charge is 0.263 e. The van der Waals surface area contributed by atoms with Crippen molar-refractivity contribution in [3.8, 4) is 5.75 Å². The molecule has 0 atom stereocenters. The highest BCUT2D eigenvalue weighted by Gasteiger charge is 2.03. The first-order chi connectivity index (χ1) is 12.5. The number of halogens is 3. The maximum Gasteiger partial charge on any atom is 0.263 e. The van der Waals surface area contributed by atoms with Crippen molar-refractivity contribution in [1.29, 1.82) is 0 Å². The van der Waals surface area contributed by atoms with Gasteiger partial charge >= 0.3 is 0 Å². The van der Waals surface area contributed by atoms with Crippen molar-refractivity contribution in [3.63, 3.8) is 0 Å². The van der Waals surface area contributed by atoms with E-state index in [2.05, 4.69) is 20.7 Å². The Hall–Kier alpha value is -2.48. The lowest BCUT2D eigenvalue weighted by atomic mass is 10.2. The fourth-order valence-corrected chi connectivity index (χ4v) is 2.41. The minimum Gasteiger partial charge on any atom is -0.489 e. The second kappa shape index (κ2) is 9.45. The van der Waals surface area contributed by atoms with Crippen LogP contribution in [0.2, 0.25) is 10.0 Å². The lowest BCUT2D eigenvalue weighted by molar-refractivity contribution is 0.306. The molecule has 27 heavy (non-hydrogen) atoms. The molecule has 3 rings (SSSR count). The summed E-state index contributed by atoms with van der Waals surface area (Å²) in [4.78, 5) is 0. The molecular weight excluding hydrogens is 411 g/mol. The molecule has 7 nitrogen and oxygen atoms in total. The van der Waals surface area contributed by atoms with E-state index in [1.165, 1.54) is 4.68 Å². The van der Waals surface area contributed by atoms with Gasteiger partial charge in [0.05, 0.1) is 16.3 Å². The maximum absolute atomic E-state index is 6.01. The van der Waals surface area contributed by atoms with E-state index in [0.29, 0.717) is 34.2 Å². The zero-order chi connectivity index (χ0) is 18.5. The second-order valence-electron chi connectivity index (χ2n) is 5.42. The Balaban J connectivity index is 0.00000261. The molecule has 3 N–H and O–H groups in total. The third-order valence-corrected chi connectivity index (χ3v) is 4.23. The van der Waals surface area contributed by atoms with Crippen molar-refractivity contribution < 1.29 is 4.74 Å². The SMILES string of the molecule is Cc1nnc(NN=Cc2cccc(OCc3ccc(Cl)c(Cl)c3)c2)n1N.Cl. The molecule has 0 spiro atoms. The van der Waals surface area contributed by atoms with Crippen LogP contribution >= 0.6 is 35.6 Å². The first kappa shape index (κ1) is 20.8. The number of nitrogens with zero attached hydrogens (tertiary/aromatic N) is 4. The predicted octanol–water partition coefficient (Wildman–Crippen LogP) is 4.05. The zero-order valence-corrected chi connectivity index (χ0v) is 16.6. The van der Waals surface area contributed by atoms with Crippen LogP contribution in [0.4, 0.5) is 5.95 Å². The number of hydrazone groups is 1. The zero-order valence-electron chi connectivity index (χ0n) is 14.3. The topological polar surface area (TPSA) is 90.4 Å². The van der Waals surface area contributed by atoms with E-state index >= 15 is 0 Å². The number of aromatic nitrogens is 3. The summed E-state index contributed by atoms with van der Waals surface area (Å²) >= 11 is 11.9. The monoisotopic (exact) mass is 426 g/mol. The summed E-state index contributed by atoms with van der Waals surface area (Å²) in [6, 6.07) is 12.9. The van der Waals surface area contributed by atoms with Crippen LogP contribution in [0.3, 0.4) is 0 Å². The van der Waals surface area contributed by atoms with Gasteiger partial charge in [-0.1, -0.05) is 41.4 Å². The lowest BCUT2D eigenvalue weighted by Crippen LogP contribution is -2.13. The average molecular weight is 428 g/mol. The molecule has 0 aliphatic rings. The molecule has 0 aliphatic heterocycles. The first-order valence-corrected chi connectivity index (χ1v) is 8.41. The van der Waals surface area contributed by atoms with Gasteiger partial charge < -0.3 is 10.6 Å². The summed E-state index contributed by atoms with van der Waals surface area (Å²) in [5.41, 5.74) is 4.52. The first-order valence-electron chi connectivity index (χ1n) is 7.66. The normalized spacial score (nSPS) is 10.6. The lowest BCUT2D eigenvalue weighted by Gasteiger charge is -2.08. The van der Waals surface area contributed by atoms with Gasteiger partial charge in [-0.25, -0.2) is 10.1 Å². The molecule has 0 aliphatic carbocycles. The van der Waals surface area contributed by atoms with Crippen molar-refractivity contribution in [1.82, 2.24) is 14.9 Å². The Labute approximate surface area is 172 Å². The van der Waals surface area contributed by atoms with E-state index < -0.39 is 0 Å². The Bertz CT molecular complexity index is 944.